The van der Waals surface area contributed by atoms with Gasteiger partial charge in [0, 0.05) is 11.3 Å². The Hall–Kier alpha value is -2.89. The van der Waals surface area contributed by atoms with Crippen LogP contribution in [-0.2, 0) is 16.4 Å². The van der Waals surface area contributed by atoms with E-state index >= 15 is 0 Å². The first-order valence-corrected chi connectivity index (χ1v) is 11.6. The lowest BCUT2D eigenvalue weighted by Gasteiger charge is -2.11. The van der Waals surface area contributed by atoms with E-state index in [1.54, 1.807) is 24.3 Å². The van der Waals surface area contributed by atoms with Crippen molar-refractivity contribution >= 4 is 55.4 Å². The highest BCUT2D eigenvalue weighted by molar-refractivity contribution is 7.93. The highest BCUT2D eigenvalue weighted by Crippen LogP contribution is 2.21. The number of carbonyl (C=O) groups excluding carboxylic acids is 1. The van der Waals surface area contributed by atoms with Crippen LogP contribution >= 0.6 is 23.6 Å². The van der Waals surface area contributed by atoms with Crippen molar-refractivity contribution in [1.29, 1.82) is 0 Å². The average Bonchev–Trinajstić information content (AvgIpc) is 3.15. The molecule has 1 heterocycles. The van der Waals surface area contributed by atoms with Gasteiger partial charge in [-0.2, -0.15) is 0 Å². The van der Waals surface area contributed by atoms with Gasteiger partial charge in [0.05, 0.1) is 4.90 Å². The van der Waals surface area contributed by atoms with Gasteiger partial charge in [-0.05, 0) is 62.0 Å². The summed E-state index contributed by atoms with van der Waals surface area (Å²) >= 11 is 6.35. The van der Waals surface area contributed by atoms with Crippen LogP contribution in [-0.4, -0.2) is 29.6 Å². The number of sulfonamides is 1. The molecule has 30 heavy (non-hydrogen) atoms. The number of nitrogens with one attached hydrogen (secondary N) is 3. The van der Waals surface area contributed by atoms with Crippen LogP contribution in [0.4, 0.5) is 10.8 Å². The van der Waals surface area contributed by atoms with Gasteiger partial charge in [-0.15, -0.1) is 10.2 Å². The van der Waals surface area contributed by atoms with Gasteiger partial charge in [0.25, 0.3) is 15.9 Å². The van der Waals surface area contributed by atoms with Crippen LogP contribution in [0.5, 0.6) is 0 Å². The zero-order valence-corrected chi connectivity index (χ0v) is 18.6. The molecule has 0 aliphatic heterocycles. The molecule has 0 spiro atoms. The van der Waals surface area contributed by atoms with Crippen LogP contribution in [0.2, 0.25) is 0 Å². The van der Waals surface area contributed by atoms with E-state index in [2.05, 4.69) is 25.6 Å². The summed E-state index contributed by atoms with van der Waals surface area (Å²) in [7, 11) is -3.78. The summed E-state index contributed by atoms with van der Waals surface area (Å²) in [6.45, 7) is 3.85. The SMILES string of the molecule is CCc1nnc(NS(=O)(=O)c2ccc(NC(=S)NC(=O)c3ccc(C)cc3)cc2)s1. The Morgan fingerprint density at radius 2 is 1.73 bits per heavy atom. The lowest BCUT2D eigenvalue weighted by Crippen LogP contribution is -2.34. The molecule has 0 aliphatic rings. The molecule has 1 amide bonds. The lowest BCUT2D eigenvalue weighted by molar-refractivity contribution is 0.0977. The third kappa shape index (κ3) is 5.59. The van der Waals surface area contributed by atoms with Crippen LogP contribution < -0.4 is 15.4 Å². The van der Waals surface area contributed by atoms with Gasteiger partial charge in [0.2, 0.25) is 5.13 Å². The number of hydrogen-bond donors (Lipinski definition) is 3. The first-order valence-electron chi connectivity index (χ1n) is 8.91. The molecule has 0 atom stereocenters. The standard InChI is InChI=1S/C19H19N5O3S3/c1-3-16-22-23-19(29-16)24-30(26,27)15-10-8-14(9-11-15)20-18(28)21-17(25)13-6-4-12(2)5-7-13/h4-11H,3H2,1-2H3,(H,23,24)(H2,20,21,25,28). The van der Waals surface area contributed by atoms with Crippen LogP contribution in [0.1, 0.15) is 27.9 Å². The Morgan fingerprint density at radius 1 is 1.07 bits per heavy atom. The van der Waals surface area contributed by atoms with Gasteiger partial charge >= 0.3 is 0 Å². The number of hydrogen-bond acceptors (Lipinski definition) is 7. The first kappa shape index (κ1) is 21.8. The third-order valence-corrected chi connectivity index (χ3v) is 6.63. The minimum absolute atomic E-state index is 0.0657. The summed E-state index contributed by atoms with van der Waals surface area (Å²) < 4.78 is 27.4. The van der Waals surface area contributed by atoms with E-state index in [9.17, 15) is 13.2 Å². The van der Waals surface area contributed by atoms with Gasteiger partial charge in [-0.1, -0.05) is 36.0 Å². The number of aryl methyl sites for hydroxylation is 2. The highest BCUT2D eigenvalue weighted by Gasteiger charge is 2.17. The smallest absolute Gasteiger partial charge is 0.263 e. The number of nitrogens with zero attached hydrogens (tertiary/aromatic N) is 2. The van der Waals surface area contributed by atoms with Crippen molar-refractivity contribution in [2.75, 3.05) is 10.0 Å². The fraction of sp³-hybridized carbons (Fsp3) is 0.158. The topological polar surface area (TPSA) is 113 Å². The van der Waals surface area contributed by atoms with Crippen LogP contribution in [0, 0.1) is 6.92 Å². The molecular formula is C19H19N5O3S3. The number of carbonyl (C=O) groups is 1. The molecule has 3 aromatic rings. The van der Waals surface area contributed by atoms with Crippen LogP contribution in [0.15, 0.2) is 53.4 Å². The van der Waals surface area contributed by atoms with Gasteiger partial charge in [0.1, 0.15) is 5.01 Å². The van der Waals surface area contributed by atoms with E-state index in [1.807, 2.05) is 26.0 Å². The monoisotopic (exact) mass is 461 g/mol. The van der Waals surface area contributed by atoms with Crippen LogP contribution in [0.3, 0.4) is 0 Å². The van der Waals surface area contributed by atoms with Crippen molar-refractivity contribution in [1.82, 2.24) is 15.5 Å². The van der Waals surface area contributed by atoms with Crippen molar-refractivity contribution in [3.8, 4) is 0 Å². The second-order valence-corrected chi connectivity index (χ2v) is 9.41. The maximum Gasteiger partial charge on any atom is 0.263 e. The van der Waals surface area contributed by atoms with Crippen molar-refractivity contribution in [2.24, 2.45) is 0 Å². The van der Waals surface area contributed by atoms with E-state index in [-0.39, 0.29) is 21.0 Å². The predicted octanol–water partition coefficient (Wildman–Crippen LogP) is 3.34. The quantitative estimate of drug-likeness (QED) is 0.483. The van der Waals surface area contributed by atoms with Gasteiger partial charge in [-0.3, -0.25) is 14.8 Å². The molecule has 3 rings (SSSR count). The summed E-state index contributed by atoms with van der Waals surface area (Å²) in [5.74, 6) is -0.334. The average molecular weight is 462 g/mol. The summed E-state index contributed by atoms with van der Waals surface area (Å²) in [4.78, 5) is 12.3. The Balaban J connectivity index is 1.61. The number of amides is 1. The van der Waals surface area contributed by atoms with E-state index in [0.717, 1.165) is 10.6 Å². The number of anilines is 2. The molecule has 0 saturated heterocycles. The second kappa shape index (κ2) is 9.28. The van der Waals surface area contributed by atoms with Crippen molar-refractivity contribution < 1.29 is 13.2 Å². The number of thiocarbonyl (C=S) groups is 1. The van der Waals surface area contributed by atoms with E-state index in [1.165, 1.54) is 23.5 Å². The Bertz CT molecular complexity index is 1160. The lowest BCUT2D eigenvalue weighted by atomic mass is 10.1. The molecule has 1 aromatic heterocycles. The summed E-state index contributed by atoms with van der Waals surface area (Å²) in [6, 6.07) is 13.1. The molecule has 156 valence electrons. The molecular weight excluding hydrogens is 442 g/mol. The summed E-state index contributed by atoms with van der Waals surface area (Å²) in [5.41, 5.74) is 2.07. The molecule has 0 aliphatic carbocycles. The van der Waals surface area contributed by atoms with Crippen LogP contribution in [0.25, 0.3) is 0 Å². The van der Waals surface area contributed by atoms with Gasteiger partial charge in [0.15, 0.2) is 5.11 Å². The zero-order valence-electron chi connectivity index (χ0n) is 16.2. The Morgan fingerprint density at radius 3 is 2.33 bits per heavy atom. The molecule has 0 saturated carbocycles. The Labute approximate surface area is 183 Å². The fourth-order valence-corrected chi connectivity index (χ4v) is 4.49. The van der Waals surface area contributed by atoms with Crippen molar-refractivity contribution in [3.05, 3.63) is 64.7 Å². The largest absolute Gasteiger partial charge is 0.332 e. The molecule has 11 heteroatoms. The minimum atomic E-state index is -3.78. The normalized spacial score (nSPS) is 11.0. The number of rotatable bonds is 6. The molecule has 0 fully saturated rings. The molecule has 0 radical (unpaired) electrons. The number of aromatic nitrogens is 2. The minimum Gasteiger partial charge on any atom is -0.332 e. The fourth-order valence-electron chi connectivity index (χ4n) is 2.37. The molecule has 2 aromatic carbocycles. The van der Waals surface area contributed by atoms with Gasteiger partial charge in [-0.25, -0.2) is 8.42 Å². The molecule has 0 bridgehead atoms. The Kier molecular flexibility index (Phi) is 6.75. The first-order chi connectivity index (χ1) is 14.3. The second-order valence-electron chi connectivity index (χ2n) is 6.26. The number of benzene rings is 2. The third-order valence-electron chi connectivity index (χ3n) is 3.95. The van der Waals surface area contributed by atoms with E-state index in [0.29, 0.717) is 17.7 Å². The highest BCUT2D eigenvalue weighted by atomic mass is 32.2. The van der Waals surface area contributed by atoms with E-state index in [4.69, 9.17) is 12.2 Å². The summed E-state index contributed by atoms with van der Waals surface area (Å²) in [5, 5.41) is 14.2. The van der Waals surface area contributed by atoms with Gasteiger partial charge < -0.3 is 5.32 Å². The maximum absolute atomic E-state index is 12.5. The molecule has 3 N–H and O–H groups in total. The van der Waals surface area contributed by atoms with Crippen molar-refractivity contribution in [3.63, 3.8) is 0 Å². The van der Waals surface area contributed by atoms with E-state index < -0.39 is 10.0 Å². The predicted molar refractivity (Wildman–Crippen MR) is 121 cm³/mol. The maximum atomic E-state index is 12.5. The summed E-state index contributed by atoms with van der Waals surface area (Å²) in [6.07, 6.45) is 0.681. The molecule has 8 nitrogen and oxygen atoms in total. The molecule has 0 unspecified atom stereocenters. The van der Waals surface area contributed by atoms with Crippen molar-refractivity contribution in [2.45, 2.75) is 25.2 Å². The zero-order chi connectivity index (χ0) is 21.7.